The second-order valence-corrected chi connectivity index (χ2v) is 2.31. The molecule has 0 rings (SSSR count). The minimum atomic E-state index is -0.732. The highest BCUT2D eigenvalue weighted by atomic mass is 16.5. The van der Waals surface area contributed by atoms with Crippen molar-refractivity contribution in [3.05, 3.63) is 0 Å². The van der Waals surface area contributed by atoms with Crippen molar-refractivity contribution in [3.63, 3.8) is 0 Å². The molecule has 0 aliphatic rings. The fraction of sp³-hybridized carbons (Fsp3) is 1.00. The Balaban J connectivity index is 3.56. The molecule has 0 aromatic heterocycles. The third-order valence-electron chi connectivity index (χ3n) is 1.49. The van der Waals surface area contributed by atoms with Gasteiger partial charge in [0.05, 0.1) is 12.7 Å². The van der Waals surface area contributed by atoms with Crippen LogP contribution in [0.1, 0.15) is 19.8 Å². The lowest BCUT2D eigenvalue weighted by molar-refractivity contribution is -0.0411. The summed E-state index contributed by atoms with van der Waals surface area (Å²) in [5, 5.41) is 17.6. The van der Waals surface area contributed by atoms with Crippen molar-refractivity contribution in [3.8, 4) is 0 Å². The Morgan fingerprint density at radius 2 is 2.10 bits per heavy atom. The molecule has 2 atom stereocenters. The first-order valence-corrected chi connectivity index (χ1v) is 3.58. The lowest BCUT2D eigenvalue weighted by atomic mass is 10.1. The number of ether oxygens (including phenoxy) is 1. The van der Waals surface area contributed by atoms with Gasteiger partial charge in [-0.3, -0.25) is 0 Å². The normalized spacial score (nSPS) is 16.8. The number of hydrogen-bond donors (Lipinski definition) is 2. The Kier molecular flexibility index (Phi) is 5.58. The number of hydrogen-bond acceptors (Lipinski definition) is 3. The maximum Gasteiger partial charge on any atom is 0.103 e. The van der Waals surface area contributed by atoms with Gasteiger partial charge in [-0.05, 0) is 6.42 Å². The van der Waals surface area contributed by atoms with E-state index in [4.69, 9.17) is 14.9 Å². The van der Waals surface area contributed by atoms with Gasteiger partial charge >= 0.3 is 0 Å². The molecule has 3 nitrogen and oxygen atoms in total. The van der Waals surface area contributed by atoms with E-state index in [1.807, 2.05) is 6.92 Å². The highest BCUT2D eigenvalue weighted by molar-refractivity contribution is 4.66. The van der Waals surface area contributed by atoms with E-state index in [2.05, 4.69) is 0 Å². The number of aliphatic hydroxyl groups excluding tert-OH is 2. The number of aliphatic hydroxyl groups is 2. The van der Waals surface area contributed by atoms with Crippen molar-refractivity contribution in [1.29, 1.82) is 0 Å². The van der Waals surface area contributed by atoms with Crippen molar-refractivity contribution in [1.82, 2.24) is 0 Å². The monoisotopic (exact) mass is 148 g/mol. The Hall–Kier alpha value is -0.120. The predicted octanol–water partition coefficient (Wildman–Crippen LogP) is 0.155. The molecule has 10 heavy (non-hydrogen) atoms. The van der Waals surface area contributed by atoms with Gasteiger partial charge in [0.25, 0.3) is 0 Å². The van der Waals surface area contributed by atoms with E-state index in [0.717, 1.165) is 12.8 Å². The zero-order valence-electron chi connectivity index (χ0n) is 6.58. The molecule has 0 heterocycles. The molecule has 0 saturated carbocycles. The van der Waals surface area contributed by atoms with E-state index in [9.17, 15) is 0 Å². The van der Waals surface area contributed by atoms with Crippen LogP contribution in [0.5, 0.6) is 0 Å². The van der Waals surface area contributed by atoms with E-state index in [1.54, 1.807) is 7.11 Å². The van der Waals surface area contributed by atoms with Crippen LogP contribution in [-0.2, 0) is 4.74 Å². The van der Waals surface area contributed by atoms with Crippen molar-refractivity contribution < 1.29 is 14.9 Å². The molecule has 0 unspecified atom stereocenters. The molecule has 62 valence electrons. The van der Waals surface area contributed by atoms with E-state index in [0.29, 0.717) is 0 Å². The molecule has 0 aliphatic carbocycles. The third kappa shape index (κ3) is 3.15. The van der Waals surface area contributed by atoms with Crippen LogP contribution in [0.2, 0.25) is 0 Å². The first kappa shape index (κ1) is 9.88. The van der Waals surface area contributed by atoms with Gasteiger partial charge in [-0.15, -0.1) is 0 Å². The van der Waals surface area contributed by atoms with Crippen molar-refractivity contribution in [2.24, 2.45) is 0 Å². The summed E-state index contributed by atoms with van der Waals surface area (Å²) in [5.74, 6) is 0. The molecule has 2 N–H and O–H groups in total. The molecule has 0 saturated heterocycles. The minimum Gasteiger partial charge on any atom is -0.394 e. The Labute approximate surface area is 61.6 Å². The largest absolute Gasteiger partial charge is 0.394 e. The molecule has 3 heteroatoms. The zero-order chi connectivity index (χ0) is 7.98. The van der Waals surface area contributed by atoms with Crippen LogP contribution in [0.15, 0.2) is 0 Å². The summed E-state index contributed by atoms with van der Waals surface area (Å²) in [7, 11) is 1.54. The van der Waals surface area contributed by atoms with Crippen molar-refractivity contribution in [2.75, 3.05) is 13.7 Å². The average molecular weight is 148 g/mol. The van der Waals surface area contributed by atoms with Crippen LogP contribution in [0, 0.1) is 0 Å². The molecule has 0 aromatic carbocycles. The van der Waals surface area contributed by atoms with Gasteiger partial charge in [0.1, 0.15) is 6.10 Å². The third-order valence-corrected chi connectivity index (χ3v) is 1.49. The summed E-state index contributed by atoms with van der Waals surface area (Å²) in [5.41, 5.74) is 0. The average Bonchev–Trinajstić information content (AvgIpc) is 1.99. The van der Waals surface area contributed by atoms with Gasteiger partial charge in [-0.1, -0.05) is 13.3 Å². The molecule has 0 fully saturated rings. The zero-order valence-corrected chi connectivity index (χ0v) is 6.58. The predicted molar refractivity (Wildman–Crippen MR) is 38.8 cm³/mol. The Morgan fingerprint density at radius 3 is 2.40 bits per heavy atom. The maximum atomic E-state index is 9.07. The summed E-state index contributed by atoms with van der Waals surface area (Å²) in [6.45, 7) is 1.79. The molecule has 0 aromatic rings. The van der Waals surface area contributed by atoms with Gasteiger partial charge in [0.2, 0.25) is 0 Å². The molecule has 0 aliphatic heterocycles. The first-order valence-electron chi connectivity index (χ1n) is 3.58. The Bertz CT molecular complexity index is 75.3. The fourth-order valence-electron chi connectivity index (χ4n) is 0.869. The minimum absolute atomic E-state index is 0.213. The fourth-order valence-corrected chi connectivity index (χ4v) is 0.869. The van der Waals surface area contributed by atoms with Crippen LogP contribution in [-0.4, -0.2) is 36.1 Å². The van der Waals surface area contributed by atoms with E-state index < -0.39 is 6.10 Å². The second kappa shape index (κ2) is 5.65. The van der Waals surface area contributed by atoms with Crippen LogP contribution < -0.4 is 0 Å². The number of methoxy groups -OCH3 is 1. The summed E-state index contributed by atoms with van der Waals surface area (Å²) < 4.78 is 4.93. The van der Waals surface area contributed by atoms with E-state index in [-0.39, 0.29) is 12.7 Å². The van der Waals surface area contributed by atoms with E-state index in [1.165, 1.54) is 0 Å². The second-order valence-electron chi connectivity index (χ2n) is 2.31. The molecular formula is C7H16O3. The Morgan fingerprint density at radius 1 is 1.50 bits per heavy atom. The number of rotatable bonds is 5. The van der Waals surface area contributed by atoms with Crippen LogP contribution >= 0.6 is 0 Å². The van der Waals surface area contributed by atoms with Gasteiger partial charge < -0.3 is 14.9 Å². The lowest BCUT2D eigenvalue weighted by Crippen LogP contribution is -2.30. The van der Waals surface area contributed by atoms with Crippen LogP contribution in [0.25, 0.3) is 0 Å². The van der Waals surface area contributed by atoms with E-state index >= 15 is 0 Å². The van der Waals surface area contributed by atoms with Crippen molar-refractivity contribution in [2.45, 2.75) is 32.0 Å². The maximum absolute atomic E-state index is 9.07. The molecule has 0 spiro atoms. The highest BCUT2D eigenvalue weighted by Gasteiger charge is 2.15. The molecular weight excluding hydrogens is 132 g/mol. The van der Waals surface area contributed by atoms with Crippen molar-refractivity contribution >= 4 is 0 Å². The SMILES string of the molecule is CCC[C@H](OC)[C@H](O)CO. The smallest absolute Gasteiger partial charge is 0.103 e. The quantitative estimate of drug-likeness (QED) is 0.583. The summed E-state index contributed by atoms with van der Waals surface area (Å²) in [6.07, 6.45) is 0.799. The molecule has 0 radical (unpaired) electrons. The molecule has 0 bridgehead atoms. The lowest BCUT2D eigenvalue weighted by Gasteiger charge is -2.18. The highest BCUT2D eigenvalue weighted by Crippen LogP contribution is 2.05. The van der Waals surface area contributed by atoms with Gasteiger partial charge in [-0.2, -0.15) is 0 Å². The van der Waals surface area contributed by atoms with Crippen LogP contribution in [0.3, 0.4) is 0 Å². The molecule has 0 amide bonds. The summed E-state index contributed by atoms with van der Waals surface area (Å²) >= 11 is 0. The van der Waals surface area contributed by atoms with Gasteiger partial charge in [-0.25, -0.2) is 0 Å². The topological polar surface area (TPSA) is 49.7 Å². The standard InChI is InChI=1S/C7H16O3/c1-3-4-7(10-2)6(9)5-8/h6-9H,3-5H2,1-2H3/t6-,7+/m1/s1. The van der Waals surface area contributed by atoms with Gasteiger partial charge in [0, 0.05) is 7.11 Å². The van der Waals surface area contributed by atoms with Crippen LogP contribution in [0.4, 0.5) is 0 Å². The van der Waals surface area contributed by atoms with Gasteiger partial charge in [0.15, 0.2) is 0 Å². The first-order chi connectivity index (χ1) is 4.76. The summed E-state index contributed by atoms with van der Waals surface area (Å²) in [4.78, 5) is 0. The summed E-state index contributed by atoms with van der Waals surface area (Å²) in [6, 6.07) is 0.